The minimum absolute atomic E-state index is 0.0192. The summed E-state index contributed by atoms with van der Waals surface area (Å²) in [5.74, 6) is -0.310. The Morgan fingerprint density at radius 3 is 2.67 bits per heavy atom. The highest BCUT2D eigenvalue weighted by Crippen LogP contribution is 2.24. The van der Waals surface area contributed by atoms with Crippen LogP contribution in [0.4, 0.5) is 0 Å². The lowest BCUT2D eigenvalue weighted by Gasteiger charge is -2.23. The maximum atomic E-state index is 12.3. The number of halogens is 1. The molecule has 5 nitrogen and oxygen atoms in total. The second kappa shape index (κ2) is 6.34. The highest BCUT2D eigenvalue weighted by atomic mass is 35.7. The molecular weight excluding hydrogens is 314 g/mol. The van der Waals surface area contributed by atoms with Crippen LogP contribution in [-0.2, 0) is 13.8 Å². The predicted molar refractivity (Wildman–Crippen MR) is 80.3 cm³/mol. The molecule has 1 fully saturated rings. The van der Waals surface area contributed by atoms with E-state index < -0.39 is 9.05 Å². The van der Waals surface area contributed by atoms with Gasteiger partial charge in [-0.05, 0) is 49.9 Å². The molecule has 2 rings (SSSR count). The Bertz CT molecular complexity index is 651. The molecule has 1 aliphatic rings. The molecule has 21 heavy (non-hydrogen) atoms. The molecule has 116 valence electrons. The van der Waals surface area contributed by atoms with Gasteiger partial charge in [0, 0.05) is 22.9 Å². The lowest BCUT2D eigenvalue weighted by Crippen LogP contribution is -2.40. The number of hydrogen-bond donors (Lipinski definition) is 1. The summed E-state index contributed by atoms with van der Waals surface area (Å²) in [6, 6.07) is 2.95. The van der Waals surface area contributed by atoms with Crippen molar-refractivity contribution in [1.29, 1.82) is 0 Å². The summed E-state index contributed by atoms with van der Waals surface area (Å²) in [6.07, 6.45) is 1.76. The Morgan fingerprint density at radius 2 is 2.10 bits per heavy atom. The number of nitrogens with one attached hydrogen (secondary N) is 1. The Balaban J connectivity index is 2.27. The number of amides is 1. The topological polar surface area (TPSA) is 72.5 Å². The zero-order chi connectivity index (χ0) is 15.6. The van der Waals surface area contributed by atoms with E-state index in [9.17, 15) is 13.2 Å². The molecule has 1 N–H and O–H groups in total. The fourth-order valence-electron chi connectivity index (χ4n) is 2.33. The summed E-state index contributed by atoms with van der Waals surface area (Å²) in [4.78, 5) is 12.2. The van der Waals surface area contributed by atoms with Gasteiger partial charge in [0.1, 0.15) is 0 Å². The van der Waals surface area contributed by atoms with Crippen LogP contribution in [0.1, 0.15) is 34.3 Å². The molecule has 0 bridgehead atoms. The summed E-state index contributed by atoms with van der Waals surface area (Å²) in [6.45, 7) is 4.62. The fourth-order valence-corrected chi connectivity index (χ4v) is 3.61. The molecule has 0 saturated carbocycles. The molecule has 0 radical (unpaired) electrons. The average Bonchev–Trinajstić information content (AvgIpc) is 2.41. The molecule has 1 aliphatic heterocycles. The Morgan fingerprint density at radius 1 is 1.38 bits per heavy atom. The van der Waals surface area contributed by atoms with Crippen molar-refractivity contribution in [2.75, 3.05) is 13.2 Å². The monoisotopic (exact) mass is 331 g/mol. The van der Waals surface area contributed by atoms with Crippen LogP contribution in [0, 0.1) is 13.8 Å². The lowest BCUT2D eigenvalue weighted by molar-refractivity contribution is 0.0624. The van der Waals surface area contributed by atoms with Crippen molar-refractivity contribution in [3.63, 3.8) is 0 Å². The van der Waals surface area contributed by atoms with Gasteiger partial charge in [-0.15, -0.1) is 0 Å². The van der Waals surface area contributed by atoms with Crippen molar-refractivity contribution in [3.05, 3.63) is 28.8 Å². The molecule has 0 spiro atoms. The van der Waals surface area contributed by atoms with Crippen molar-refractivity contribution in [1.82, 2.24) is 5.32 Å². The summed E-state index contributed by atoms with van der Waals surface area (Å²) in [5, 5.41) is 2.86. The van der Waals surface area contributed by atoms with Gasteiger partial charge in [-0.3, -0.25) is 4.79 Å². The minimum Gasteiger partial charge on any atom is -0.379 e. The second-order valence-electron chi connectivity index (χ2n) is 5.24. The number of hydrogen-bond acceptors (Lipinski definition) is 4. The molecular formula is C14H18ClNO4S. The average molecular weight is 332 g/mol. The molecule has 1 heterocycles. The van der Waals surface area contributed by atoms with Gasteiger partial charge in [0.2, 0.25) is 0 Å². The van der Waals surface area contributed by atoms with Crippen LogP contribution in [0.25, 0.3) is 0 Å². The highest BCUT2D eigenvalue weighted by Gasteiger charge is 2.21. The van der Waals surface area contributed by atoms with Crippen LogP contribution in [0.2, 0.25) is 0 Å². The van der Waals surface area contributed by atoms with Crippen LogP contribution >= 0.6 is 10.7 Å². The van der Waals surface area contributed by atoms with Crippen molar-refractivity contribution in [2.24, 2.45) is 0 Å². The van der Waals surface area contributed by atoms with E-state index >= 15 is 0 Å². The van der Waals surface area contributed by atoms with E-state index in [0.29, 0.717) is 29.9 Å². The smallest absolute Gasteiger partial charge is 0.261 e. The lowest BCUT2D eigenvalue weighted by atomic mass is 10.0. The van der Waals surface area contributed by atoms with Crippen molar-refractivity contribution >= 4 is 25.6 Å². The van der Waals surface area contributed by atoms with Gasteiger partial charge in [-0.25, -0.2) is 8.42 Å². The van der Waals surface area contributed by atoms with E-state index in [4.69, 9.17) is 15.4 Å². The second-order valence-corrected chi connectivity index (χ2v) is 7.78. The third kappa shape index (κ3) is 3.96. The normalized spacial score (nSPS) is 19.3. The van der Waals surface area contributed by atoms with Crippen LogP contribution in [-0.4, -0.2) is 33.6 Å². The van der Waals surface area contributed by atoms with E-state index in [1.807, 2.05) is 0 Å². The van der Waals surface area contributed by atoms with Crippen molar-refractivity contribution < 1.29 is 17.9 Å². The van der Waals surface area contributed by atoms with E-state index in [0.717, 1.165) is 12.8 Å². The first kappa shape index (κ1) is 16.3. The van der Waals surface area contributed by atoms with E-state index in [1.165, 1.54) is 6.07 Å². The maximum absolute atomic E-state index is 12.3. The first-order valence-electron chi connectivity index (χ1n) is 6.73. The van der Waals surface area contributed by atoms with Gasteiger partial charge < -0.3 is 10.1 Å². The zero-order valence-electron chi connectivity index (χ0n) is 12.0. The van der Waals surface area contributed by atoms with E-state index in [2.05, 4.69) is 5.32 Å². The third-order valence-electron chi connectivity index (χ3n) is 3.64. The number of rotatable bonds is 3. The van der Waals surface area contributed by atoms with Gasteiger partial charge in [-0.2, -0.15) is 0 Å². The first-order chi connectivity index (χ1) is 9.79. The number of ether oxygens (including phenoxy) is 1. The Hall–Kier alpha value is -1.11. The Kier molecular flexibility index (Phi) is 4.91. The fraction of sp³-hybridized carbons (Fsp3) is 0.500. The molecule has 1 saturated heterocycles. The first-order valence-corrected chi connectivity index (χ1v) is 9.04. The number of carbonyl (C=O) groups is 1. The third-order valence-corrected chi connectivity index (χ3v) is 5.09. The Labute approximate surface area is 129 Å². The van der Waals surface area contributed by atoms with Crippen LogP contribution < -0.4 is 5.32 Å². The molecule has 1 unspecified atom stereocenters. The van der Waals surface area contributed by atoms with Gasteiger partial charge in [-0.1, -0.05) is 0 Å². The summed E-state index contributed by atoms with van der Waals surface area (Å²) < 4.78 is 28.5. The largest absolute Gasteiger partial charge is 0.379 e. The summed E-state index contributed by atoms with van der Waals surface area (Å²) >= 11 is 0. The number of carbonyl (C=O) groups excluding carboxylic acids is 1. The number of benzene rings is 1. The van der Waals surface area contributed by atoms with Crippen molar-refractivity contribution in [2.45, 2.75) is 37.6 Å². The van der Waals surface area contributed by atoms with Crippen LogP contribution in [0.3, 0.4) is 0 Å². The maximum Gasteiger partial charge on any atom is 0.261 e. The van der Waals surface area contributed by atoms with Crippen LogP contribution in [0.5, 0.6) is 0 Å². The summed E-state index contributed by atoms with van der Waals surface area (Å²) in [5.41, 5.74) is 1.56. The summed E-state index contributed by atoms with van der Waals surface area (Å²) in [7, 11) is 1.55. The van der Waals surface area contributed by atoms with E-state index in [1.54, 1.807) is 19.9 Å². The highest BCUT2D eigenvalue weighted by molar-refractivity contribution is 8.13. The molecule has 0 aliphatic carbocycles. The molecule has 1 amide bonds. The SMILES string of the molecule is Cc1cc(C(=O)NC2CCCOC2)cc(S(=O)(=O)Cl)c1C. The molecule has 7 heteroatoms. The van der Waals surface area contributed by atoms with Gasteiger partial charge in [0.05, 0.1) is 17.5 Å². The predicted octanol–water partition coefficient (Wildman–Crippen LogP) is 2.14. The van der Waals surface area contributed by atoms with E-state index in [-0.39, 0.29) is 16.8 Å². The van der Waals surface area contributed by atoms with Crippen molar-refractivity contribution in [3.8, 4) is 0 Å². The van der Waals surface area contributed by atoms with Gasteiger partial charge >= 0.3 is 0 Å². The molecule has 1 aromatic rings. The quantitative estimate of drug-likeness (QED) is 0.861. The number of aryl methyl sites for hydroxylation is 1. The molecule has 0 aromatic heterocycles. The molecule has 1 aromatic carbocycles. The minimum atomic E-state index is -3.88. The van der Waals surface area contributed by atoms with Crippen LogP contribution in [0.15, 0.2) is 17.0 Å². The van der Waals surface area contributed by atoms with Gasteiger partial charge in [0.15, 0.2) is 0 Å². The molecule has 1 atom stereocenters. The standard InChI is InChI=1S/C14H18ClNO4S/c1-9-6-11(7-13(10(9)2)21(15,18)19)14(17)16-12-4-3-5-20-8-12/h6-7,12H,3-5,8H2,1-2H3,(H,16,17). The zero-order valence-corrected chi connectivity index (χ0v) is 13.6. The van der Waals surface area contributed by atoms with Gasteiger partial charge in [0.25, 0.3) is 15.0 Å².